The molecule has 0 aliphatic rings. The first-order valence-corrected chi connectivity index (χ1v) is 8.01. The zero-order valence-corrected chi connectivity index (χ0v) is 13.9. The molecule has 0 amide bonds. The van der Waals surface area contributed by atoms with Gasteiger partial charge in [-0.25, -0.2) is 18.7 Å². The second-order valence-electron chi connectivity index (χ2n) is 5.72. The normalized spacial score (nSPS) is 10.9. The van der Waals surface area contributed by atoms with Crippen molar-refractivity contribution in [1.82, 2.24) is 15.0 Å². The summed E-state index contributed by atoms with van der Waals surface area (Å²) in [6.07, 6.45) is 3.28. The molecule has 0 aliphatic heterocycles. The van der Waals surface area contributed by atoms with Gasteiger partial charge in [-0.2, -0.15) is 0 Å². The van der Waals surface area contributed by atoms with Crippen LogP contribution < -0.4 is 5.32 Å². The van der Waals surface area contributed by atoms with Crippen LogP contribution in [0.25, 0.3) is 33.4 Å². The van der Waals surface area contributed by atoms with Gasteiger partial charge in [0, 0.05) is 36.0 Å². The van der Waals surface area contributed by atoms with Crippen LogP contribution in [0.1, 0.15) is 0 Å². The monoisotopic (exact) mass is 348 g/mol. The maximum absolute atomic E-state index is 15.2. The first kappa shape index (κ1) is 16.1. The highest BCUT2D eigenvalue weighted by molar-refractivity contribution is 5.94. The second-order valence-corrected chi connectivity index (χ2v) is 5.72. The maximum Gasteiger partial charge on any atom is 0.163 e. The average molecular weight is 348 g/mol. The number of hydrogen-bond donors (Lipinski definition) is 1. The van der Waals surface area contributed by atoms with E-state index in [2.05, 4.69) is 20.3 Å². The summed E-state index contributed by atoms with van der Waals surface area (Å²) in [6, 6.07) is 12.7. The minimum Gasteiger partial charge on any atom is -0.373 e. The molecule has 1 N–H and O–H groups in total. The van der Waals surface area contributed by atoms with Crippen molar-refractivity contribution in [3.63, 3.8) is 0 Å². The van der Waals surface area contributed by atoms with Gasteiger partial charge in [0.05, 0.1) is 0 Å². The largest absolute Gasteiger partial charge is 0.373 e. The Labute approximate surface area is 148 Å². The number of hydrogen-bond acceptors (Lipinski definition) is 4. The van der Waals surface area contributed by atoms with Gasteiger partial charge < -0.3 is 5.32 Å². The molecule has 0 atom stereocenters. The molecule has 4 aromatic rings. The van der Waals surface area contributed by atoms with E-state index in [0.29, 0.717) is 33.7 Å². The summed E-state index contributed by atoms with van der Waals surface area (Å²) in [4.78, 5) is 12.9. The first-order valence-electron chi connectivity index (χ1n) is 8.01. The van der Waals surface area contributed by atoms with Gasteiger partial charge in [-0.15, -0.1) is 0 Å². The summed E-state index contributed by atoms with van der Waals surface area (Å²) in [6.45, 7) is 0. The lowest BCUT2D eigenvalue weighted by molar-refractivity contribution is 0.627. The van der Waals surface area contributed by atoms with Crippen LogP contribution in [-0.2, 0) is 0 Å². The molecule has 2 aromatic heterocycles. The van der Waals surface area contributed by atoms with Gasteiger partial charge in [0.25, 0.3) is 0 Å². The molecule has 0 unspecified atom stereocenters. The number of pyridine rings is 1. The average Bonchev–Trinajstić information content (AvgIpc) is 2.69. The fourth-order valence-electron chi connectivity index (χ4n) is 2.83. The highest BCUT2D eigenvalue weighted by Crippen LogP contribution is 2.32. The smallest absolute Gasteiger partial charge is 0.163 e. The summed E-state index contributed by atoms with van der Waals surface area (Å²) in [5, 5.41) is 3.56. The van der Waals surface area contributed by atoms with Crippen molar-refractivity contribution in [3.05, 3.63) is 72.6 Å². The van der Waals surface area contributed by atoms with E-state index in [1.54, 1.807) is 49.8 Å². The number of anilines is 1. The van der Waals surface area contributed by atoms with Crippen LogP contribution in [0.4, 0.5) is 14.6 Å². The van der Waals surface area contributed by atoms with Crippen molar-refractivity contribution in [2.75, 3.05) is 12.4 Å². The maximum atomic E-state index is 15.2. The van der Waals surface area contributed by atoms with Crippen LogP contribution in [0.15, 0.2) is 60.9 Å². The van der Waals surface area contributed by atoms with Gasteiger partial charge >= 0.3 is 0 Å². The van der Waals surface area contributed by atoms with Crippen molar-refractivity contribution in [1.29, 1.82) is 0 Å². The predicted octanol–water partition coefficient (Wildman–Crippen LogP) is 4.68. The van der Waals surface area contributed by atoms with Crippen LogP contribution in [0.5, 0.6) is 0 Å². The van der Waals surface area contributed by atoms with Gasteiger partial charge in [0.2, 0.25) is 0 Å². The molecule has 0 saturated carbocycles. The summed E-state index contributed by atoms with van der Waals surface area (Å²) in [5.74, 6) is 0.0651. The van der Waals surface area contributed by atoms with Crippen molar-refractivity contribution >= 4 is 16.7 Å². The Morgan fingerprint density at radius 2 is 1.69 bits per heavy atom. The van der Waals surface area contributed by atoms with Gasteiger partial charge in [-0.3, -0.25) is 4.98 Å². The number of nitrogens with zero attached hydrogens (tertiary/aromatic N) is 3. The zero-order valence-electron chi connectivity index (χ0n) is 13.9. The second kappa shape index (κ2) is 6.48. The molecule has 0 fully saturated rings. The molecule has 4 nitrogen and oxygen atoms in total. The van der Waals surface area contributed by atoms with E-state index in [1.807, 2.05) is 6.07 Å². The number of aromatic nitrogens is 3. The number of halogens is 2. The lowest BCUT2D eigenvalue weighted by Gasteiger charge is -2.11. The molecule has 0 saturated heterocycles. The summed E-state index contributed by atoms with van der Waals surface area (Å²) in [5.41, 5.74) is 1.83. The van der Waals surface area contributed by atoms with Gasteiger partial charge in [-0.05, 0) is 35.9 Å². The molecule has 128 valence electrons. The number of fused-ring (bicyclic) bond motifs is 1. The molecule has 2 aromatic carbocycles. The van der Waals surface area contributed by atoms with Crippen molar-refractivity contribution in [2.45, 2.75) is 0 Å². The molecule has 2 heterocycles. The topological polar surface area (TPSA) is 50.7 Å². The van der Waals surface area contributed by atoms with Crippen LogP contribution in [0.2, 0.25) is 0 Å². The van der Waals surface area contributed by atoms with Crippen LogP contribution in [-0.4, -0.2) is 22.0 Å². The van der Waals surface area contributed by atoms with Crippen LogP contribution in [0, 0.1) is 11.6 Å². The number of nitrogens with one attached hydrogen (secondary N) is 1. The van der Waals surface area contributed by atoms with Crippen LogP contribution in [0.3, 0.4) is 0 Å². The summed E-state index contributed by atoms with van der Waals surface area (Å²) >= 11 is 0. The highest BCUT2D eigenvalue weighted by Gasteiger charge is 2.16. The van der Waals surface area contributed by atoms with Crippen LogP contribution >= 0.6 is 0 Å². The van der Waals surface area contributed by atoms with Gasteiger partial charge in [0.15, 0.2) is 11.6 Å². The summed E-state index contributed by atoms with van der Waals surface area (Å²) in [7, 11) is 1.72. The quantitative estimate of drug-likeness (QED) is 0.584. The minimum atomic E-state index is -0.474. The van der Waals surface area contributed by atoms with Crippen molar-refractivity contribution < 1.29 is 8.78 Å². The van der Waals surface area contributed by atoms with E-state index >= 15 is 4.39 Å². The van der Waals surface area contributed by atoms with E-state index in [1.165, 1.54) is 12.1 Å². The molecule has 0 bridgehead atoms. The molecular formula is C20H14F2N4. The predicted molar refractivity (Wildman–Crippen MR) is 97.7 cm³/mol. The van der Waals surface area contributed by atoms with Gasteiger partial charge in [-0.1, -0.05) is 18.2 Å². The molecular weight excluding hydrogens is 334 g/mol. The Bertz CT molecular complexity index is 1080. The Hall–Kier alpha value is -3.41. The molecule has 0 spiro atoms. The molecule has 0 aliphatic carbocycles. The Balaban J connectivity index is 1.96. The van der Waals surface area contributed by atoms with E-state index in [-0.39, 0.29) is 11.3 Å². The van der Waals surface area contributed by atoms with E-state index in [9.17, 15) is 4.39 Å². The Kier molecular flexibility index (Phi) is 4.01. The van der Waals surface area contributed by atoms with E-state index in [4.69, 9.17) is 0 Å². The fraction of sp³-hybridized carbons (Fsp3) is 0.0500. The van der Waals surface area contributed by atoms with Crippen molar-refractivity contribution in [3.8, 4) is 22.5 Å². The standard InChI is InChI=1S/C20H14F2N4/c1-23-20-16-9-8-15(12-4-6-14(21)7-5-12)17(22)18(16)25-19(26-20)13-3-2-10-24-11-13/h2-11H,1H3,(H,23,25,26). The zero-order chi connectivity index (χ0) is 18.1. The number of benzene rings is 2. The highest BCUT2D eigenvalue weighted by atomic mass is 19.1. The third-order valence-corrected chi connectivity index (χ3v) is 4.12. The molecule has 0 radical (unpaired) electrons. The third-order valence-electron chi connectivity index (χ3n) is 4.12. The summed E-state index contributed by atoms with van der Waals surface area (Å²) < 4.78 is 28.4. The lowest BCUT2D eigenvalue weighted by Crippen LogP contribution is -2.01. The van der Waals surface area contributed by atoms with E-state index in [0.717, 1.165) is 0 Å². The number of rotatable bonds is 3. The van der Waals surface area contributed by atoms with E-state index < -0.39 is 5.82 Å². The minimum absolute atomic E-state index is 0.199. The third kappa shape index (κ3) is 2.75. The molecule has 26 heavy (non-hydrogen) atoms. The van der Waals surface area contributed by atoms with Crippen molar-refractivity contribution in [2.24, 2.45) is 0 Å². The SMILES string of the molecule is CNc1nc(-c2cccnc2)nc2c(F)c(-c3ccc(F)cc3)ccc12. The molecule has 6 heteroatoms. The molecule has 4 rings (SSSR count). The fourth-order valence-corrected chi connectivity index (χ4v) is 2.83. The lowest BCUT2D eigenvalue weighted by atomic mass is 10.0. The first-order chi connectivity index (χ1) is 12.7. The Morgan fingerprint density at radius 1 is 0.885 bits per heavy atom. The Morgan fingerprint density at radius 3 is 2.38 bits per heavy atom. The van der Waals surface area contributed by atoms with Gasteiger partial charge in [0.1, 0.15) is 17.2 Å².